The van der Waals surface area contributed by atoms with Crippen molar-refractivity contribution in [1.29, 1.82) is 0 Å². The van der Waals surface area contributed by atoms with E-state index in [4.69, 9.17) is 5.11 Å². The second-order valence-corrected chi connectivity index (χ2v) is 3.96. The summed E-state index contributed by atoms with van der Waals surface area (Å²) in [7, 11) is 0.0995. The molecule has 9 heavy (non-hydrogen) atoms. The van der Waals surface area contributed by atoms with E-state index in [0.717, 1.165) is 19.3 Å². The van der Waals surface area contributed by atoms with Gasteiger partial charge in [0.25, 0.3) is 0 Å². The van der Waals surface area contributed by atoms with E-state index in [-0.39, 0.29) is 14.7 Å². The first-order valence-corrected chi connectivity index (χ1v) is 4.53. The van der Waals surface area contributed by atoms with Crippen LogP contribution in [0.25, 0.3) is 0 Å². The van der Waals surface area contributed by atoms with Gasteiger partial charge in [-0.3, -0.25) is 4.79 Å². The van der Waals surface area contributed by atoms with Crippen LogP contribution in [0.4, 0.5) is 0 Å². The first-order valence-electron chi connectivity index (χ1n) is 3.20. The normalized spacial score (nSPS) is 26.0. The summed E-state index contributed by atoms with van der Waals surface area (Å²) in [6, 6.07) is 0. The van der Waals surface area contributed by atoms with Gasteiger partial charge in [0.1, 0.15) is 0 Å². The molecule has 50 valence electrons. The highest BCUT2D eigenvalue weighted by molar-refractivity contribution is 6.52. The molecule has 0 spiro atoms. The highest BCUT2D eigenvalue weighted by Gasteiger charge is 2.14. The molecule has 3 heteroatoms. The molecule has 0 saturated heterocycles. The molecule has 1 rings (SSSR count). The minimum absolute atomic E-state index is 0.00116. The highest BCUT2D eigenvalue weighted by atomic mass is 28.2. The van der Waals surface area contributed by atoms with E-state index < -0.39 is 5.97 Å². The van der Waals surface area contributed by atoms with Crippen molar-refractivity contribution in [3.05, 3.63) is 0 Å². The van der Waals surface area contributed by atoms with Crippen LogP contribution in [-0.4, -0.2) is 25.9 Å². The molecule has 0 aliphatic carbocycles. The van der Waals surface area contributed by atoms with E-state index in [0.29, 0.717) is 0 Å². The lowest BCUT2D eigenvalue weighted by Crippen LogP contribution is -2.14. The summed E-state index contributed by atoms with van der Waals surface area (Å²) in [6.07, 6.45) is 3.12. The summed E-state index contributed by atoms with van der Waals surface area (Å²) >= 11 is 0. The van der Waals surface area contributed by atoms with E-state index >= 15 is 0 Å². The molecular formula is C6H10O2Si. The van der Waals surface area contributed by atoms with Crippen LogP contribution in [0.15, 0.2) is 0 Å². The van der Waals surface area contributed by atoms with Crippen molar-refractivity contribution in [2.75, 3.05) is 0 Å². The number of carbonyl (C=O) groups is 1. The van der Waals surface area contributed by atoms with Gasteiger partial charge in [0, 0.05) is 9.13 Å². The van der Waals surface area contributed by atoms with Crippen LogP contribution >= 0.6 is 0 Å². The Hall–Kier alpha value is -0.443. The standard InChI is InChI=1S/C6H10O2Si/c7-6(8)5-3-1-2-4-9-5/h4-5,9H,1-3H2,(H,7,8). The van der Waals surface area contributed by atoms with E-state index in [1.807, 2.05) is 0 Å². The molecular weight excluding hydrogens is 132 g/mol. The lowest BCUT2D eigenvalue weighted by molar-refractivity contribution is -0.137. The van der Waals surface area contributed by atoms with Crippen molar-refractivity contribution < 1.29 is 9.90 Å². The van der Waals surface area contributed by atoms with Gasteiger partial charge in [0.15, 0.2) is 0 Å². The van der Waals surface area contributed by atoms with Crippen molar-refractivity contribution >= 4 is 20.8 Å². The van der Waals surface area contributed by atoms with E-state index in [1.54, 1.807) is 0 Å². The second-order valence-electron chi connectivity index (χ2n) is 2.30. The van der Waals surface area contributed by atoms with Crippen molar-refractivity contribution in [3.8, 4) is 0 Å². The van der Waals surface area contributed by atoms with Crippen LogP contribution < -0.4 is 0 Å². The number of hydrogen-bond acceptors (Lipinski definition) is 1. The smallest absolute Gasteiger partial charge is 0.306 e. The van der Waals surface area contributed by atoms with Crippen LogP contribution in [0.2, 0.25) is 5.54 Å². The fourth-order valence-corrected chi connectivity index (χ4v) is 2.37. The zero-order valence-electron chi connectivity index (χ0n) is 5.21. The zero-order chi connectivity index (χ0) is 6.69. The molecule has 1 aliphatic rings. The molecule has 0 aromatic rings. The molecule has 1 aliphatic heterocycles. The predicted molar refractivity (Wildman–Crippen MR) is 38.4 cm³/mol. The average Bonchev–Trinajstić information content (AvgIpc) is 1.90. The SMILES string of the molecule is O=C(O)C1CCCC=[SiH]1. The first-order chi connectivity index (χ1) is 4.30. The number of hydrogen-bond donors (Lipinski definition) is 1. The van der Waals surface area contributed by atoms with Crippen LogP contribution in [0.5, 0.6) is 0 Å². The third kappa shape index (κ3) is 1.75. The summed E-state index contributed by atoms with van der Waals surface area (Å²) in [5.74, 6) is -0.596. The molecule has 0 bridgehead atoms. The van der Waals surface area contributed by atoms with Crippen molar-refractivity contribution in [2.24, 2.45) is 0 Å². The van der Waals surface area contributed by atoms with Crippen LogP contribution in [-0.2, 0) is 4.79 Å². The van der Waals surface area contributed by atoms with Gasteiger partial charge in [0.2, 0.25) is 0 Å². The van der Waals surface area contributed by atoms with Crippen LogP contribution in [0, 0.1) is 0 Å². The maximum atomic E-state index is 10.4. The Bertz CT molecular complexity index is 142. The minimum atomic E-state index is -0.596. The zero-order valence-corrected chi connectivity index (χ0v) is 6.36. The highest BCUT2D eigenvalue weighted by Crippen LogP contribution is 2.14. The topological polar surface area (TPSA) is 37.3 Å². The predicted octanol–water partition coefficient (Wildman–Crippen LogP) is 0.282. The Morgan fingerprint density at radius 1 is 1.78 bits per heavy atom. The Labute approximate surface area is 56.3 Å². The summed E-state index contributed by atoms with van der Waals surface area (Å²) in [5.41, 5.74) is 2.15. The average molecular weight is 142 g/mol. The number of carboxylic acid groups (broad SMARTS) is 1. The molecule has 2 nitrogen and oxygen atoms in total. The third-order valence-electron chi connectivity index (χ3n) is 1.57. The van der Waals surface area contributed by atoms with Gasteiger partial charge >= 0.3 is 5.97 Å². The minimum Gasteiger partial charge on any atom is -0.481 e. The number of rotatable bonds is 1. The van der Waals surface area contributed by atoms with Crippen molar-refractivity contribution in [1.82, 2.24) is 0 Å². The molecule has 1 atom stereocenters. The molecule has 1 N–H and O–H groups in total. The first kappa shape index (κ1) is 6.67. The number of carboxylic acids is 1. The maximum absolute atomic E-state index is 10.4. The Kier molecular flexibility index (Phi) is 2.16. The molecule has 0 aromatic heterocycles. The van der Waals surface area contributed by atoms with Gasteiger partial charge in [-0.2, -0.15) is 0 Å². The fraction of sp³-hybridized carbons (Fsp3) is 0.667. The maximum Gasteiger partial charge on any atom is 0.306 e. The lowest BCUT2D eigenvalue weighted by Gasteiger charge is -2.09. The van der Waals surface area contributed by atoms with E-state index in [1.165, 1.54) is 0 Å². The summed E-state index contributed by atoms with van der Waals surface area (Å²) in [5, 5.41) is 8.54. The van der Waals surface area contributed by atoms with Gasteiger partial charge < -0.3 is 5.11 Å². The quantitative estimate of drug-likeness (QED) is 0.534. The lowest BCUT2D eigenvalue weighted by atomic mass is 10.2. The van der Waals surface area contributed by atoms with Crippen LogP contribution in [0.3, 0.4) is 0 Å². The molecule has 1 unspecified atom stereocenters. The van der Waals surface area contributed by atoms with Gasteiger partial charge in [-0.1, -0.05) is 0 Å². The molecule has 1 heterocycles. The molecule has 0 amide bonds. The monoisotopic (exact) mass is 142 g/mol. The van der Waals surface area contributed by atoms with Gasteiger partial charge in [-0.15, -0.1) is 5.67 Å². The Balaban J connectivity index is 2.50. The van der Waals surface area contributed by atoms with Crippen molar-refractivity contribution in [3.63, 3.8) is 0 Å². The third-order valence-corrected chi connectivity index (χ3v) is 3.26. The van der Waals surface area contributed by atoms with Gasteiger partial charge in [-0.25, -0.2) is 0 Å². The number of aliphatic carboxylic acids is 1. The van der Waals surface area contributed by atoms with E-state index in [2.05, 4.69) is 5.67 Å². The molecule has 0 saturated carbocycles. The Morgan fingerprint density at radius 3 is 2.89 bits per heavy atom. The van der Waals surface area contributed by atoms with Crippen molar-refractivity contribution in [2.45, 2.75) is 24.8 Å². The molecule has 0 radical (unpaired) electrons. The van der Waals surface area contributed by atoms with Gasteiger partial charge in [-0.05, 0) is 19.3 Å². The molecule has 0 fully saturated rings. The van der Waals surface area contributed by atoms with Crippen LogP contribution in [0.1, 0.15) is 19.3 Å². The Morgan fingerprint density at radius 2 is 2.56 bits per heavy atom. The summed E-state index contributed by atoms with van der Waals surface area (Å²) in [6.45, 7) is 0. The molecule has 0 aromatic carbocycles. The summed E-state index contributed by atoms with van der Waals surface area (Å²) in [4.78, 5) is 10.4. The fourth-order valence-electron chi connectivity index (χ4n) is 1.02. The summed E-state index contributed by atoms with van der Waals surface area (Å²) < 4.78 is 0. The van der Waals surface area contributed by atoms with E-state index in [9.17, 15) is 4.79 Å². The van der Waals surface area contributed by atoms with Gasteiger partial charge in [0.05, 0.1) is 5.54 Å². The largest absolute Gasteiger partial charge is 0.481 e. The second kappa shape index (κ2) is 2.92.